The Morgan fingerprint density at radius 1 is 0.975 bits per heavy atom. The third kappa shape index (κ3) is 5.89. The topological polar surface area (TPSA) is 88.5 Å². The van der Waals surface area contributed by atoms with Crippen LogP contribution in [-0.4, -0.2) is 68.0 Å². The zero-order valence-electron chi connectivity index (χ0n) is 22.6. The molecule has 1 aliphatic rings. The van der Waals surface area contributed by atoms with Crippen molar-refractivity contribution in [3.05, 3.63) is 93.0 Å². The van der Waals surface area contributed by atoms with Crippen LogP contribution in [0.3, 0.4) is 0 Å². The van der Waals surface area contributed by atoms with Crippen molar-refractivity contribution in [3.8, 4) is 17.2 Å². The van der Waals surface area contributed by atoms with Gasteiger partial charge in [0.25, 0.3) is 11.7 Å². The number of likely N-dealkylation sites (tertiary alicyclic amines) is 1. The first-order chi connectivity index (χ1) is 19.2. The number of carbonyl (C=O) groups excluding carboxylic acids is 2. The highest BCUT2D eigenvalue weighted by atomic mass is 35.5. The Kier molecular flexibility index (Phi) is 9.25. The molecule has 40 heavy (non-hydrogen) atoms. The van der Waals surface area contributed by atoms with Crippen molar-refractivity contribution in [2.45, 2.75) is 12.6 Å². The van der Waals surface area contributed by atoms with Gasteiger partial charge in [0.05, 0.1) is 36.4 Å². The average Bonchev–Trinajstić information content (AvgIpc) is 3.20. The van der Waals surface area contributed by atoms with Gasteiger partial charge < -0.3 is 29.1 Å². The SMILES string of the molecule is COc1c(Cl)cc(/C(O)=C2\C(=O)C(=O)N(CCN(C)C)C2c2cccc(OCc3ccccc3)c2)c(OC)c1Cl. The number of methoxy groups -OCH3 is 2. The van der Waals surface area contributed by atoms with Gasteiger partial charge in [0.1, 0.15) is 23.1 Å². The van der Waals surface area contributed by atoms with Crippen molar-refractivity contribution in [2.24, 2.45) is 0 Å². The monoisotopic (exact) mass is 584 g/mol. The maximum atomic E-state index is 13.5. The molecule has 3 aromatic rings. The number of halogens is 2. The summed E-state index contributed by atoms with van der Waals surface area (Å²) in [6.45, 7) is 1.08. The second-order valence-electron chi connectivity index (χ2n) is 9.43. The first kappa shape index (κ1) is 29.3. The fourth-order valence-electron chi connectivity index (χ4n) is 4.57. The smallest absolute Gasteiger partial charge is 0.295 e. The number of rotatable bonds is 10. The Balaban J connectivity index is 1.84. The number of Topliss-reactive ketones (excluding diaryl/α,β-unsaturated/α-hetero) is 1. The number of carbonyl (C=O) groups is 2. The van der Waals surface area contributed by atoms with Crippen LogP contribution in [0.4, 0.5) is 0 Å². The number of ether oxygens (including phenoxy) is 3. The van der Waals surface area contributed by atoms with Crippen LogP contribution in [0.5, 0.6) is 17.2 Å². The van der Waals surface area contributed by atoms with Crippen LogP contribution in [0.25, 0.3) is 5.76 Å². The van der Waals surface area contributed by atoms with E-state index in [0.717, 1.165) is 5.56 Å². The molecule has 1 saturated heterocycles. The van der Waals surface area contributed by atoms with E-state index in [1.54, 1.807) is 24.3 Å². The highest BCUT2D eigenvalue weighted by Crippen LogP contribution is 2.47. The van der Waals surface area contributed by atoms with Crippen LogP contribution >= 0.6 is 23.2 Å². The number of aliphatic hydroxyl groups is 1. The summed E-state index contributed by atoms with van der Waals surface area (Å²) in [6.07, 6.45) is 0. The summed E-state index contributed by atoms with van der Waals surface area (Å²) in [5.74, 6) is -1.26. The summed E-state index contributed by atoms with van der Waals surface area (Å²) >= 11 is 12.8. The molecule has 8 nitrogen and oxygen atoms in total. The van der Waals surface area contributed by atoms with Gasteiger partial charge in [0.2, 0.25) is 0 Å². The molecule has 3 aromatic carbocycles. The molecule has 1 fully saturated rings. The molecule has 1 atom stereocenters. The molecule has 0 bridgehead atoms. The van der Waals surface area contributed by atoms with Crippen molar-refractivity contribution in [1.29, 1.82) is 0 Å². The highest BCUT2D eigenvalue weighted by Gasteiger charge is 2.46. The minimum Gasteiger partial charge on any atom is -0.507 e. The number of nitrogens with zero attached hydrogens (tertiary/aromatic N) is 2. The molecule has 0 aliphatic carbocycles. The summed E-state index contributed by atoms with van der Waals surface area (Å²) in [4.78, 5) is 30.1. The van der Waals surface area contributed by atoms with Gasteiger partial charge in [-0.3, -0.25) is 9.59 Å². The summed E-state index contributed by atoms with van der Waals surface area (Å²) in [7, 11) is 6.51. The quantitative estimate of drug-likeness (QED) is 0.189. The van der Waals surface area contributed by atoms with Gasteiger partial charge in [-0.1, -0.05) is 65.7 Å². The number of amides is 1. The number of hydrogen-bond acceptors (Lipinski definition) is 7. The van der Waals surface area contributed by atoms with E-state index in [1.807, 2.05) is 49.3 Å². The van der Waals surface area contributed by atoms with Gasteiger partial charge >= 0.3 is 0 Å². The molecule has 10 heteroatoms. The van der Waals surface area contributed by atoms with Crippen molar-refractivity contribution >= 4 is 40.7 Å². The normalized spacial score (nSPS) is 16.5. The van der Waals surface area contributed by atoms with Crippen LogP contribution < -0.4 is 14.2 Å². The number of hydrogen-bond donors (Lipinski definition) is 1. The van der Waals surface area contributed by atoms with Gasteiger partial charge in [-0.15, -0.1) is 0 Å². The van der Waals surface area contributed by atoms with E-state index < -0.39 is 23.5 Å². The summed E-state index contributed by atoms with van der Waals surface area (Å²) < 4.78 is 16.7. The van der Waals surface area contributed by atoms with E-state index in [4.69, 9.17) is 37.4 Å². The molecule has 1 heterocycles. The largest absolute Gasteiger partial charge is 0.507 e. The summed E-state index contributed by atoms with van der Waals surface area (Å²) in [5, 5.41) is 11.7. The van der Waals surface area contributed by atoms with E-state index in [9.17, 15) is 14.7 Å². The average molecular weight is 585 g/mol. The Morgan fingerprint density at radius 2 is 1.68 bits per heavy atom. The first-order valence-corrected chi connectivity index (χ1v) is 13.2. The number of likely N-dealkylation sites (N-methyl/N-ethyl adjacent to an activating group) is 1. The molecular weight excluding hydrogens is 555 g/mol. The Hall–Kier alpha value is -3.72. The lowest BCUT2D eigenvalue weighted by Gasteiger charge is -2.27. The van der Waals surface area contributed by atoms with Gasteiger partial charge in [0, 0.05) is 13.1 Å². The number of ketones is 1. The number of aliphatic hydroxyl groups excluding tert-OH is 1. The molecule has 0 saturated carbocycles. The maximum absolute atomic E-state index is 13.5. The number of benzene rings is 3. The molecule has 0 radical (unpaired) electrons. The maximum Gasteiger partial charge on any atom is 0.295 e. The predicted molar refractivity (Wildman–Crippen MR) is 154 cm³/mol. The molecule has 210 valence electrons. The van der Waals surface area contributed by atoms with E-state index in [2.05, 4.69) is 0 Å². The van der Waals surface area contributed by atoms with E-state index in [-0.39, 0.29) is 39.2 Å². The molecule has 0 aromatic heterocycles. The zero-order chi connectivity index (χ0) is 29.0. The lowest BCUT2D eigenvalue weighted by molar-refractivity contribution is -0.140. The molecule has 0 spiro atoms. The zero-order valence-corrected chi connectivity index (χ0v) is 24.1. The lowest BCUT2D eigenvalue weighted by Crippen LogP contribution is -2.35. The molecule has 4 rings (SSSR count). The minimum atomic E-state index is -0.899. The van der Waals surface area contributed by atoms with Crippen molar-refractivity contribution in [1.82, 2.24) is 9.80 Å². The van der Waals surface area contributed by atoms with Crippen molar-refractivity contribution < 1.29 is 28.9 Å². The fourth-order valence-corrected chi connectivity index (χ4v) is 5.26. The second-order valence-corrected chi connectivity index (χ2v) is 10.2. The van der Waals surface area contributed by atoms with Gasteiger partial charge in [0.15, 0.2) is 11.5 Å². The van der Waals surface area contributed by atoms with E-state index in [1.165, 1.54) is 25.2 Å². The molecule has 1 unspecified atom stereocenters. The van der Waals surface area contributed by atoms with Crippen LogP contribution in [0.15, 0.2) is 66.2 Å². The highest BCUT2D eigenvalue weighted by molar-refractivity contribution is 6.47. The molecule has 1 amide bonds. The van der Waals surface area contributed by atoms with Crippen LogP contribution in [-0.2, 0) is 16.2 Å². The predicted octanol–water partition coefficient (Wildman–Crippen LogP) is 5.57. The Labute approximate surface area is 243 Å². The Morgan fingerprint density at radius 3 is 2.33 bits per heavy atom. The van der Waals surface area contributed by atoms with Crippen LogP contribution in [0.2, 0.25) is 10.0 Å². The van der Waals surface area contributed by atoms with Gasteiger partial charge in [-0.05, 0) is 43.4 Å². The third-order valence-corrected chi connectivity index (χ3v) is 7.17. The Bertz CT molecular complexity index is 1440. The molecule has 1 aliphatic heterocycles. The fraction of sp³-hybridized carbons (Fsp3) is 0.267. The van der Waals surface area contributed by atoms with Crippen LogP contribution in [0.1, 0.15) is 22.7 Å². The van der Waals surface area contributed by atoms with Crippen molar-refractivity contribution in [3.63, 3.8) is 0 Å². The second kappa shape index (κ2) is 12.6. The van der Waals surface area contributed by atoms with Gasteiger partial charge in [-0.25, -0.2) is 0 Å². The third-order valence-electron chi connectivity index (χ3n) is 6.54. The molecule has 1 N–H and O–H groups in total. The standard InChI is InChI=1S/C30H30Cl2N2O6/c1-33(2)13-14-34-25(19-11-8-12-20(15-19)40-17-18-9-6-5-7-10-18)23(27(36)30(34)37)26(35)21-16-22(31)29(39-4)24(32)28(21)38-3/h5-12,15-16,25,35H,13-14,17H2,1-4H3/b26-23+. The first-order valence-electron chi connectivity index (χ1n) is 12.5. The van der Waals surface area contributed by atoms with E-state index in [0.29, 0.717) is 24.5 Å². The summed E-state index contributed by atoms with van der Waals surface area (Å²) in [6, 6.07) is 17.3. The van der Waals surface area contributed by atoms with Gasteiger partial charge in [-0.2, -0.15) is 0 Å². The van der Waals surface area contributed by atoms with Crippen molar-refractivity contribution in [2.75, 3.05) is 41.4 Å². The molecular formula is C30H30Cl2N2O6. The summed E-state index contributed by atoms with van der Waals surface area (Å²) in [5.41, 5.74) is 1.53. The minimum absolute atomic E-state index is 0.0220. The lowest BCUT2D eigenvalue weighted by atomic mass is 9.94. The van der Waals surface area contributed by atoms with Crippen LogP contribution in [0, 0.1) is 0 Å². The van der Waals surface area contributed by atoms with E-state index >= 15 is 0 Å².